The van der Waals surface area contributed by atoms with Gasteiger partial charge in [0, 0.05) is 6.54 Å². The third-order valence-corrected chi connectivity index (χ3v) is 2.90. The summed E-state index contributed by atoms with van der Waals surface area (Å²) < 4.78 is 0. The lowest BCUT2D eigenvalue weighted by molar-refractivity contribution is 0.216. The van der Waals surface area contributed by atoms with Crippen LogP contribution >= 0.6 is 0 Å². The standard InChI is InChI=1S/C11H24N2/c1-3-8-13(4-2)10-11-6-5-7-12-9-11/h11-12H,3-10H2,1-2H3. The van der Waals surface area contributed by atoms with Gasteiger partial charge in [0.15, 0.2) is 0 Å². The van der Waals surface area contributed by atoms with E-state index in [0.717, 1.165) is 5.92 Å². The largest absolute Gasteiger partial charge is 0.316 e. The van der Waals surface area contributed by atoms with E-state index >= 15 is 0 Å². The number of rotatable bonds is 5. The zero-order valence-electron chi connectivity index (χ0n) is 9.18. The van der Waals surface area contributed by atoms with Crippen LogP contribution in [0, 0.1) is 5.92 Å². The monoisotopic (exact) mass is 184 g/mol. The second kappa shape index (κ2) is 6.39. The number of piperidine rings is 1. The molecule has 0 aromatic carbocycles. The second-order valence-electron chi connectivity index (χ2n) is 4.11. The molecule has 0 aromatic heterocycles. The molecule has 2 heteroatoms. The van der Waals surface area contributed by atoms with E-state index < -0.39 is 0 Å². The van der Waals surface area contributed by atoms with Gasteiger partial charge in [-0.15, -0.1) is 0 Å². The quantitative estimate of drug-likeness (QED) is 0.700. The minimum atomic E-state index is 0.903. The highest BCUT2D eigenvalue weighted by Gasteiger charge is 2.15. The average molecular weight is 184 g/mol. The van der Waals surface area contributed by atoms with E-state index in [1.165, 1.54) is 52.0 Å². The van der Waals surface area contributed by atoms with Gasteiger partial charge < -0.3 is 10.2 Å². The summed E-state index contributed by atoms with van der Waals surface area (Å²) in [6.07, 6.45) is 4.08. The molecule has 1 rings (SSSR count). The Labute approximate surface area is 82.7 Å². The maximum atomic E-state index is 3.48. The molecule has 1 atom stereocenters. The highest BCUT2D eigenvalue weighted by Crippen LogP contribution is 2.11. The third kappa shape index (κ3) is 4.10. The van der Waals surface area contributed by atoms with Crippen LogP contribution in [0.5, 0.6) is 0 Å². The van der Waals surface area contributed by atoms with Crippen molar-refractivity contribution in [2.24, 2.45) is 5.92 Å². The molecule has 0 aliphatic carbocycles. The summed E-state index contributed by atoms with van der Waals surface area (Å²) in [5.74, 6) is 0.903. The Morgan fingerprint density at radius 2 is 2.23 bits per heavy atom. The van der Waals surface area contributed by atoms with Crippen molar-refractivity contribution >= 4 is 0 Å². The molecule has 1 aliphatic rings. The predicted molar refractivity (Wildman–Crippen MR) is 58.0 cm³/mol. The molecule has 1 N–H and O–H groups in total. The molecule has 1 saturated heterocycles. The summed E-state index contributed by atoms with van der Waals surface area (Å²) in [7, 11) is 0. The first-order valence-electron chi connectivity index (χ1n) is 5.79. The Morgan fingerprint density at radius 1 is 1.38 bits per heavy atom. The van der Waals surface area contributed by atoms with Crippen LogP contribution in [0.4, 0.5) is 0 Å². The van der Waals surface area contributed by atoms with Crippen molar-refractivity contribution in [3.63, 3.8) is 0 Å². The smallest absolute Gasteiger partial charge is 0.00217 e. The second-order valence-corrected chi connectivity index (χ2v) is 4.11. The van der Waals surface area contributed by atoms with E-state index in [1.807, 2.05) is 0 Å². The van der Waals surface area contributed by atoms with E-state index in [1.54, 1.807) is 0 Å². The Balaban J connectivity index is 2.18. The van der Waals surface area contributed by atoms with Crippen molar-refractivity contribution in [1.29, 1.82) is 0 Å². The van der Waals surface area contributed by atoms with Gasteiger partial charge in [0.25, 0.3) is 0 Å². The van der Waals surface area contributed by atoms with Crippen molar-refractivity contribution < 1.29 is 0 Å². The third-order valence-electron chi connectivity index (χ3n) is 2.90. The van der Waals surface area contributed by atoms with Crippen molar-refractivity contribution in [3.05, 3.63) is 0 Å². The Bertz CT molecular complexity index is 117. The molecule has 0 aromatic rings. The summed E-state index contributed by atoms with van der Waals surface area (Å²) in [5.41, 5.74) is 0. The molecule has 2 nitrogen and oxygen atoms in total. The van der Waals surface area contributed by atoms with E-state index in [9.17, 15) is 0 Å². The van der Waals surface area contributed by atoms with Gasteiger partial charge in [0.1, 0.15) is 0 Å². The average Bonchev–Trinajstić information content (AvgIpc) is 2.19. The van der Waals surface area contributed by atoms with E-state index in [4.69, 9.17) is 0 Å². The fraction of sp³-hybridized carbons (Fsp3) is 1.00. The molecule has 1 heterocycles. The normalized spacial score (nSPS) is 23.8. The summed E-state index contributed by atoms with van der Waals surface area (Å²) in [6, 6.07) is 0. The van der Waals surface area contributed by atoms with Gasteiger partial charge in [-0.2, -0.15) is 0 Å². The molecule has 0 radical (unpaired) electrons. The van der Waals surface area contributed by atoms with Crippen LogP contribution in [0.1, 0.15) is 33.1 Å². The highest BCUT2D eigenvalue weighted by atomic mass is 15.1. The van der Waals surface area contributed by atoms with Crippen LogP contribution in [0.25, 0.3) is 0 Å². The van der Waals surface area contributed by atoms with E-state index in [0.29, 0.717) is 0 Å². The van der Waals surface area contributed by atoms with Gasteiger partial charge in [0.2, 0.25) is 0 Å². The fourth-order valence-electron chi connectivity index (χ4n) is 2.14. The number of nitrogens with one attached hydrogen (secondary N) is 1. The molecule has 0 amide bonds. The molecule has 78 valence electrons. The van der Waals surface area contributed by atoms with Gasteiger partial charge in [-0.1, -0.05) is 13.8 Å². The van der Waals surface area contributed by atoms with Gasteiger partial charge in [-0.05, 0) is 51.4 Å². The highest BCUT2D eigenvalue weighted by molar-refractivity contribution is 4.72. The van der Waals surface area contributed by atoms with Crippen LogP contribution in [-0.4, -0.2) is 37.6 Å². The SMILES string of the molecule is CCCN(CC)CC1CCCNC1. The lowest BCUT2D eigenvalue weighted by Crippen LogP contribution is -2.38. The van der Waals surface area contributed by atoms with Gasteiger partial charge >= 0.3 is 0 Å². The van der Waals surface area contributed by atoms with Crippen molar-refractivity contribution in [2.45, 2.75) is 33.1 Å². The minimum absolute atomic E-state index is 0.903. The molecule has 1 aliphatic heterocycles. The molecule has 1 fully saturated rings. The van der Waals surface area contributed by atoms with Crippen molar-refractivity contribution in [2.75, 3.05) is 32.7 Å². The Morgan fingerprint density at radius 3 is 2.77 bits per heavy atom. The predicted octanol–water partition coefficient (Wildman–Crippen LogP) is 1.72. The van der Waals surface area contributed by atoms with Crippen molar-refractivity contribution in [1.82, 2.24) is 10.2 Å². The molecular formula is C11H24N2. The van der Waals surface area contributed by atoms with Gasteiger partial charge in [-0.3, -0.25) is 0 Å². The van der Waals surface area contributed by atoms with Crippen molar-refractivity contribution in [3.8, 4) is 0 Å². The molecule has 0 saturated carbocycles. The maximum absolute atomic E-state index is 3.48. The maximum Gasteiger partial charge on any atom is 0.00217 e. The topological polar surface area (TPSA) is 15.3 Å². The summed E-state index contributed by atoms with van der Waals surface area (Å²) in [4.78, 5) is 2.58. The lowest BCUT2D eigenvalue weighted by Gasteiger charge is -2.29. The van der Waals surface area contributed by atoms with Crippen LogP contribution in [0.3, 0.4) is 0 Å². The molecule has 0 spiro atoms. The molecule has 1 unspecified atom stereocenters. The number of nitrogens with zero attached hydrogens (tertiary/aromatic N) is 1. The van der Waals surface area contributed by atoms with Crippen LogP contribution in [0.15, 0.2) is 0 Å². The van der Waals surface area contributed by atoms with E-state index in [-0.39, 0.29) is 0 Å². The Hall–Kier alpha value is -0.0800. The lowest BCUT2D eigenvalue weighted by atomic mass is 9.99. The Kier molecular flexibility index (Phi) is 5.40. The summed E-state index contributed by atoms with van der Waals surface area (Å²) in [6.45, 7) is 10.8. The first-order valence-corrected chi connectivity index (χ1v) is 5.79. The zero-order valence-corrected chi connectivity index (χ0v) is 9.18. The van der Waals surface area contributed by atoms with Gasteiger partial charge in [-0.25, -0.2) is 0 Å². The zero-order chi connectivity index (χ0) is 9.52. The molecular weight excluding hydrogens is 160 g/mol. The van der Waals surface area contributed by atoms with Crippen LogP contribution in [-0.2, 0) is 0 Å². The molecule has 0 bridgehead atoms. The van der Waals surface area contributed by atoms with E-state index in [2.05, 4.69) is 24.1 Å². The number of hydrogen-bond donors (Lipinski definition) is 1. The van der Waals surface area contributed by atoms with Crippen LogP contribution in [0.2, 0.25) is 0 Å². The minimum Gasteiger partial charge on any atom is -0.316 e. The molecule has 13 heavy (non-hydrogen) atoms. The first-order chi connectivity index (χ1) is 6.36. The summed E-state index contributed by atoms with van der Waals surface area (Å²) in [5, 5.41) is 3.48. The number of hydrogen-bond acceptors (Lipinski definition) is 2. The fourth-order valence-corrected chi connectivity index (χ4v) is 2.14. The van der Waals surface area contributed by atoms with Crippen LogP contribution < -0.4 is 5.32 Å². The first kappa shape index (κ1) is 11.0. The van der Waals surface area contributed by atoms with Gasteiger partial charge in [0.05, 0.1) is 0 Å². The summed E-state index contributed by atoms with van der Waals surface area (Å²) >= 11 is 0.